The van der Waals surface area contributed by atoms with Gasteiger partial charge in [0, 0.05) is 5.69 Å². The molecule has 0 bridgehead atoms. The molecular formula is C22H21N3O3. The number of carbonyl (C=O) groups is 2. The van der Waals surface area contributed by atoms with Crippen LogP contribution in [0.5, 0.6) is 5.75 Å². The number of rotatable bonds is 5. The third-order valence-corrected chi connectivity index (χ3v) is 4.05. The van der Waals surface area contributed by atoms with Gasteiger partial charge in [0.05, 0.1) is 12.8 Å². The van der Waals surface area contributed by atoms with Crippen LogP contribution in [0.3, 0.4) is 0 Å². The molecule has 2 N–H and O–H groups in total. The van der Waals surface area contributed by atoms with E-state index in [-0.39, 0.29) is 17.3 Å². The van der Waals surface area contributed by atoms with Crippen LogP contribution in [0.15, 0.2) is 60.7 Å². The number of benzene rings is 2. The molecule has 28 heavy (non-hydrogen) atoms. The standard InChI is InChI=1S/C22H21N3O3/c1-14-11-15(2)13-16(12-14)23-21(26)18-8-6-9-19(24-18)22(27)25-17-7-4-5-10-20(17)28-3/h4-13H,1-3H3,(H,23,26)(H,25,27). The molecule has 0 atom stereocenters. The van der Waals surface area contributed by atoms with Crippen molar-refractivity contribution >= 4 is 23.2 Å². The molecule has 2 aromatic carbocycles. The Kier molecular flexibility index (Phi) is 5.69. The molecule has 3 rings (SSSR count). The Labute approximate surface area is 163 Å². The summed E-state index contributed by atoms with van der Waals surface area (Å²) in [6.07, 6.45) is 0. The summed E-state index contributed by atoms with van der Waals surface area (Å²) in [6, 6.07) is 17.6. The van der Waals surface area contributed by atoms with E-state index in [9.17, 15) is 9.59 Å². The minimum atomic E-state index is -0.425. The maximum absolute atomic E-state index is 12.5. The number of carbonyl (C=O) groups excluding carboxylic acids is 2. The number of para-hydroxylation sites is 2. The first-order valence-corrected chi connectivity index (χ1v) is 8.77. The SMILES string of the molecule is COc1ccccc1NC(=O)c1cccc(C(=O)Nc2cc(C)cc(C)c2)n1. The molecular weight excluding hydrogens is 354 g/mol. The summed E-state index contributed by atoms with van der Waals surface area (Å²) in [5.41, 5.74) is 3.61. The number of amides is 2. The molecule has 0 unspecified atom stereocenters. The monoisotopic (exact) mass is 375 g/mol. The number of pyridine rings is 1. The van der Waals surface area contributed by atoms with Crippen molar-refractivity contribution in [1.82, 2.24) is 4.98 Å². The van der Waals surface area contributed by atoms with Gasteiger partial charge in [0.1, 0.15) is 17.1 Å². The second-order valence-corrected chi connectivity index (χ2v) is 6.39. The number of nitrogens with zero attached hydrogens (tertiary/aromatic N) is 1. The van der Waals surface area contributed by atoms with Crippen LogP contribution < -0.4 is 15.4 Å². The Hall–Kier alpha value is -3.67. The predicted molar refractivity (Wildman–Crippen MR) is 109 cm³/mol. The average molecular weight is 375 g/mol. The Morgan fingerprint density at radius 2 is 1.43 bits per heavy atom. The first-order valence-electron chi connectivity index (χ1n) is 8.77. The van der Waals surface area contributed by atoms with Gasteiger partial charge in [0.2, 0.25) is 0 Å². The van der Waals surface area contributed by atoms with Crippen LogP contribution in [-0.4, -0.2) is 23.9 Å². The lowest BCUT2D eigenvalue weighted by Gasteiger charge is -2.10. The topological polar surface area (TPSA) is 80.3 Å². The maximum Gasteiger partial charge on any atom is 0.274 e. The average Bonchev–Trinajstić information content (AvgIpc) is 2.67. The van der Waals surface area contributed by atoms with Crippen LogP contribution in [0.1, 0.15) is 32.1 Å². The molecule has 0 saturated carbocycles. The van der Waals surface area contributed by atoms with Crippen molar-refractivity contribution in [3.8, 4) is 5.75 Å². The molecule has 6 heteroatoms. The molecule has 142 valence electrons. The Balaban J connectivity index is 1.77. The highest BCUT2D eigenvalue weighted by Crippen LogP contribution is 2.23. The molecule has 0 radical (unpaired) electrons. The van der Waals surface area contributed by atoms with Crippen LogP contribution in [0.25, 0.3) is 0 Å². The first kappa shape index (κ1) is 19.1. The number of anilines is 2. The summed E-state index contributed by atoms with van der Waals surface area (Å²) >= 11 is 0. The number of ether oxygens (including phenoxy) is 1. The number of aromatic nitrogens is 1. The third-order valence-electron chi connectivity index (χ3n) is 4.05. The first-order chi connectivity index (χ1) is 13.5. The van der Waals surface area contributed by atoms with Gasteiger partial charge in [-0.3, -0.25) is 9.59 Å². The molecule has 3 aromatic rings. The van der Waals surface area contributed by atoms with E-state index in [1.54, 1.807) is 36.4 Å². The zero-order chi connectivity index (χ0) is 20.1. The lowest BCUT2D eigenvalue weighted by Crippen LogP contribution is -2.18. The normalized spacial score (nSPS) is 10.2. The molecule has 0 saturated heterocycles. The predicted octanol–water partition coefficient (Wildman–Crippen LogP) is 4.21. The molecule has 1 heterocycles. The van der Waals surface area contributed by atoms with Crippen molar-refractivity contribution in [2.75, 3.05) is 17.7 Å². The van der Waals surface area contributed by atoms with E-state index in [1.807, 2.05) is 38.1 Å². The number of nitrogens with one attached hydrogen (secondary N) is 2. The van der Waals surface area contributed by atoms with Crippen molar-refractivity contribution in [2.24, 2.45) is 0 Å². The molecule has 2 amide bonds. The summed E-state index contributed by atoms with van der Waals surface area (Å²) in [5.74, 6) is -0.262. The van der Waals surface area contributed by atoms with Gasteiger partial charge < -0.3 is 15.4 Å². The van der Waals surface area contributed by atoms with Gasteiger partial charge in [-0.05, 0) is 61.4 Å². The lowest BCUT2D eigenvalue weighted by molar-refractivity contribution is 0.101. The fraction of sp³-hybridized carbons (Fsp3) is 0.136. The second kappa shape index (κ2) is 8.35. The second-order valence-electron chi connectivity index (χ2n) is 6.39. The van der Waals surface area contributed by atoms with Gasteiger partial charge in [-0.15, -0.1) is 0 Å². The third kappa shape index (κ3) is 4.54. The molecule has 1 aromatic heterocycles. The molecule has 0 spiro atoms. The van der Waals surface area contributed by atoms with Crippen LogP contribution in [-0.2, 0) is 0 Å². The van der Waals surface area contributed by atoms with Gasteiger partial charge in [0.25, 0.3) is 11.8 Å². The summed E-state index contributed by atoms with van der Waals surface area (Å²) in [6.45, 7) is 3.92. The van der Waals surface area contributed by atoms with E-state index in [2.05, 4.69) is 15.6 Å². The number of hydrogen-bond acceptors (Lipinski definition) is 4. The van der Waals surface area contributed by atoms with Gasteiger partial charge in [-0.1, -0.05) is 24.3 Å². The molecule has 0 aliphatic rings. The quantitative estimate of drug-likeness (QED) is 0.700. The van der Waals surface area contributed by atoms with E-state index in [1.165, 1.54) is 7.11 Å². The molecule has 0 aliphatic carbocycles. The van der Waals surface area contributed by atoms with Crippen molar-refractivity contribution in [3.05, 3.63) is 83.2 Å². The Morgan fingerprint density at radius 1 is 0.821 bits per heavy atom. The van der Waals surface area contributed by atoms with Crippen molar-refractivity contribution in [3.63, 3.8) is 0 Å². The van der Waals surface area contributed by atoms with Crippen molar-refractivity contribution in [1.29, 1.82) is 0 Å². The summed E-state index contributed by atoms with van der Waals surface area (Å²) in [5, 5.41) is 5.57. The molecule has 6 nitrogen and oxygen atoms in total. The lowest BCUT2D eigenvalue weighted by atomic mass is 10.1. The zero-order valence-corrected chi connectivity index (χ0v) is 15.9. The number of methoxy groups -OCH3 is 1. The maximum atomic E-state index is 12.5. The highest BCUT2D eigenvalue weighted by molar-refractivity contribution is 6.06. The summed E-state index contributed by atoms with van der Waals surface area (Å²) in [7, 11) is 1.53. The van der Waals surface area contributed by atoms with Gasteiger partial charge in [0.15, 0.2) is 0 Å². The fourth-order valence-corrected chi connectivity index (χ4v) is 2.86. The van der Waals surface area contributed by atoms with Crippen LogP contribution in [0.2, 0.25) is 0 Å². The number of aryl methyl sites for hydroxylation is 2. The van der Waals surface area contributed by atoms with Crippen LogP contribution in [0, 0.1) is 13.8 Å². The van der Waals surface area contributed by atoms with Crippen molar-refractivity contribution in [2.45, 2.75) is 13.8 Å². The Morgan fingerprint density at radius 3 is 2.07 bits per heavy atom. The van der Waals surface area contributed by atoms with Crippen LogP contribution in [0.4, 0.5) is 11.4 Å². The Bertz CT molecular complexity index is 1010. The van der Waals surface area contributed by atoms with E-state index < -0.39 is 5.91 Å². The van der Waals surface area contributed by atoms with E-state index in [4.69, 9.17) is 4.74 Å². The van der Waals surface area contributed by atoms with E-state index >= 15 is 0 Å². The van der Waals surface area contributed by atoms with Gasteiger partial charge >= 0.3 is 0 Å². The van der Waals surface area contributed by atoms with Gasteiger partial charge in [-0.2, -0.15) is 0 Å². The summed E-state index contributed by atoms with van der Waals surface area (Å²) < 4.78 is 5.23. The van der Waals surface area contributed by atoms with Crippen molar-refractivity contribution < 1.29 is 14.3 Å². The van der Waals surface area contributed by atoms with Gasteiger partial charge in [-0.25, -0.2) is 4.98 Å². The fourth-order valence-electron chi connectivity index (χ4n) is 2.86. The largest absolute Gasteiger partial charge is 0.495 e. The van der Waals surface area contributed by atoms with Crippen LogP contribution >= 0.6 is 0 Å². The zero-order valence-electron chi connectivity index (χ0n) is 15.9. The smallest absolute Gasteiger partial charge is 0.274 e. The molecule has 0 aliphatic heterocycles. The highest BCUT2D eigenvalue weighted by Gasteiger charge is 2.14. The summed E-state index contributed by atoms with van der Waals surface area (Å²) in [4.78, 5) is 29.3. The van der Waals surface area contributed by atoms with E-state index in [0.717, 1.165) is 11.1 Å². The number of hydrogen-bond donors (Lipinski definition) is 2. The minimum absolute atomic E-state index is 0.138. The highest BCUT2D eigenvalue weighted by atomic mass is 16.5. The van der Waals surface area contributed by atoms with E-state index in [0.29, 0.717) is 17.1 Å². The molecule has 0 fully saturated rings. The minimum Gasteiger partial charge on any atom is -0.495 e.